The number of hydrogen-bond acceptors (Lipinski definition) is 4. The molecule has 6 heteroatoms. The molecule has 0 aliphatic carbocycles. The van der Waals surface area contributed by atoms with Gasteiger partial charge in [-0.25, -0.2) is 13.1 Å². The first-order valence-corrected chi connectivity index (χ1v) is 6.60. The van der Waals surface area contributed by atoms with Crippen LogP contribution >= 0.6 is 0 Å². The third kappa shape index (κ3) is 3.92. The van der Waals surface area contributed by atoms with Crippen molar-refractivity contribution in [3.63, 3.8) is 0 Å². The van der Waals surface area contributed by atoms with E-state index in [1.165, 1.54) is 32.0 Å². The molecule has 0 radical (unpaired) electrons. The summed E-state index contributed by atoms with van der Waals surface area (Å²) >= 11 is 0. The summed E-state index contributed by atoms with van der Waals surface area (Å²) < 4.78 is 25.8. The van der Waals surface area contributed by atoms with Crippen LogP contribution in [0.5, 0.6) is 0 Å². The van der Waals surface area contributed by atoms with Crippen molar-refractivity contribution < 1.29 is 18.3 Å². The zero-order valence-corrected chi connectivity index (χ0v) is 10.5. The Hall–Kier alpha value is -1.24. The van der Waals surface area contributed by atoms with Gasteiger partial charge in [-0.15, -0.1) is 0 Å². The summed E-state index contributed by atoms with van der Waals surface area (Å²) in [6.45, 7) is 2.79. The number of Topliss-reactive ketones (excluding diaryl/α,β-unsaturated/α-hetero) is 1. The van der Waals surface area contributed by atoms with Crippen LogP contribution in [-0.2, 0) is 10.0 Å². The molecule has 94 valence electrons. The van der Waals surface area contributed by atoms with Crippen molar-refractivity contribution in [3.8, 4) is 0 Å². The topological polar surface area (TPSA) is 83.5 Å². The monoisotopic (exact) mass is 257 g/mol. The molecule has 1 atom stereocenters. The largest absolute Gasteiger partial charge is 0.392 e. The number of nitrogens with one attached hydrogen (secondary N) is 1. The van der Waals surface area contributed by atoms with Crippen LogP contribution in [0.2, 0.25) is 0 Å². The zero-order chi connectivity index (χ0) is 13.1. The Morgan fingerprint density at radius 1 is 1.47 bits per heavy atom. The second-order valence-corrected chi connectivity index (χ2v) is 5.55. The van der Waals surface area contributed by atoms with Gasteiger partial charge in [0, 0.05) is 12.1 Å². The lowest BCUT2D eigenvalue weighted by atomic mass is 10.2. The van der Waals surface area contributed by atoms with Crippen molar-refractivity contribution in [2.24, 2.45) is 0 Å². The Bertz CT molecular complexity index is 508. The number of aliphatic hydroxyl groups is 1. The predicted molar refractivity (Wildman–Crippen MR) is 63.3 cm³/mol. The summed E-state index contributed by atoms with van der Waals surface area (Å²) in [6, 6.07) is 5.77. The van der Waals surface area contributed by atoms with Gasteiger partial charge < -0.3 is 5.11 Å². The number of hydrogen-bond donors (Lipinski definition) is 2. The third-order valence-electron chi connectivity index (χ3n) is 2.12. The first-order chi connectivity index (χ1) is 7.83. The highest BCUT2D eigenvalue weighted by Gasteiger charge is 2.15. The van der Waals surface area contributed by atoms with Gasteiger partial charge in [-0.3, -0.25) is 4.79 Å². The quantitative estimate of drug-likeness (QED) is 0.754. The van der Waals surface area contributed by atoms with Gasteiger partial charge in [-0.1, -0.05) is 12.1 Å². The second-order valence-electron chi connectivity index (χ2n) is 3.78. The molecule has 0 aliphatic heterocycles. The van der Waals surface area contributed by atoms with Crippen LogP contribution in [0.15, 0.2) is 29.2 Å². The second kappa shape index (κ2) is 5.39. The molecule has 0 amide bonds. The van der Waals surface area contributed by atoms with Crippen LogP contribution < -0.4 is 4.72 Å². The van der Waals surface area contributed by atoms with Crippen molar-refractivity contribution in [2.75, 3.05) is 6.54 Å². The standard InChI is InChI=1S/C11H15NO4S/c1-8(13)7-12-17(15,16)11-5-3-4-10(6-11)9(2)14/h3-6,8,12-13H,7H2,1-2H3. The lowest BCUT2D eigenvalue weighted by Gasteiger charge is -2.08. The molecular weight excluding hydrogens is 242 g/mol. The van der Waals surface area contributed by atoms with Crippen molar-refractivity contribution in [1.29, 1.82) is 0 Å². The van der Waals surface area contributed by atoms with Gasteiger partial charge in [0.2, 0.25) is 10.0 Å². The molecular formula is C11H15NO4S. The fourth-order valence-electron chi connectivity index (χ4n) is 1.20. The Labute approximate surface area is 101 Å². The Kier molecular flexibility index (Phi) is 4.39. The molecule has 0 aliphatic rings. The molecule has 0 aromatic heterocycles. The summed E-state index contributed by atoms with van der Waals surface area (Å²) in [5.74, 6) is -0.197. The van der Waals surface area contributed by atoms with Gasteiger partial charge in [0.1, 0.15) is 0 Å². The molecule has 17 heavy (non-hydrogen) atoms. The molecule has 1 rings (SSSR count). The number of ketones is 1. The van der Waals surface area contributed by atoms with Gasteiger partial charge in [-0.05, 0) is 26.0 Å². The van der Waals surface area contributed by atoms with Crippen LogP contribution in [0.3, 0.4) is 0 Å². The summed E-state index contributed by atoms with van der Waals surface area (Å²) in [5.41, 5.74) is 0.338. The molecule has 5 nitrogen and oxygen atoms in total. The van der Waals surface area contributed by atoms with E-state index in [4.69, 9.17) is 5.11 Å². The van der Waals surface area contributed by atoms with Crippen molar-refractivity contribution >= 4 is 15.8 Å². The van der Waals surface area contributed by atoms with E-state index in [-0.39, 0.29) is 17.2 Å². The van der Waals surface area contributed by atoms with E-state index in [1.807, 2.05) is 0 Å². The van der Waals surface area contributed by atoms with E-state index in [0.717, 1.165) is 0 Å². The molecule has 0 spiro atoms. The highest BCUT2D eigenvalue weighted by atomic mass is 32.2. The molecule has 0 bridgehead atoms. The number of aliphatic hydroxyl groups excluding tert-OH is 1. The molecule has 0 heterocycles. The van der Waals surface area contributed by atoms with Crippen LogP contribution in [0, 0.1) is 0 Å². The maximum atomic E-state index is 11.8. The number of carbonyl (C=O) groups is 1. The first-order valence-electron chi connectivity index (χ1n) is 5.11. The summed E-state index contributed by atoms with van der Waals surface area (Å²) in [7, 11) is -3.67. The van der Waals surface area contributed by atoms with Crippen LogP contribution in [-0.4, -0.2) is 32.0 Å². The minimum Gasteiger partial charge on any atom is -0.392 e. The van der Waals surface area contributed by atoms with Crippen LogP contribution in [0.4, 0.5) is 0 Å². The maximum Gasteiger partial charge on any atom is 0.240 e. The number of sulfonamides is 1. The number of benzene rings is 1. The van der Waals surface area contributed by atoms with E-state index in [2.05, 4.69) is 4.72 Å². The van der Waals surface area contributed by atoms with E-state index in [0.29, 0.717) is 5.56 Å². The normalized spacial score (nSPS) is 13.4. The fourth-order valence-corrected chi connectivity index (χ4v) is 2.36. The molecule has 1 aromatic carbocycles. The average Bonchev–Trinajstić information content (AvgIpc) is 2.27. The zero-order valence-electron chi connectivity index (χ0n) is 9.67. The van der Waals surface area contributed by atoms with E-state index in [1.54, 1.807) is 6.07 Å². The van der Waals surface area contributed by atoms with Gasteiger partial charge in [0.25, 0.3) is 0 Å². The van der Waals surface area contributed by atoms with Gasteiger partial charge in [0.05, 0.1) is 11.0 Å². The highest BCUT2D eigenvalue weighted by Crippen LogP contribution is 2.11. The summed E-state index contributed by atoms with van der Waals surface area (Å²) in [4.78, 5) is 11.2. The Morgan fingerprint density at radius 3 is 2.65 bits per heavy atom. The van der Waals surface area contributed by atoms with Crippen molar-refractivity contribution in [1.82, 2.24) is 4.72 Å². The third-order valence-corrected chi connectivity index (χ3v) is 3.54. The van der Waals surface area contributed by atoms with Crippen LogP contribution in [0.1, 0.15) is 24.2 Å². The van der Waals surface area contributed by atoms with Gasteiger partial charge >= 0.3 is 0 Å². The summed E-state index contributed by atoms with van der Waals surface area (Å²) in [5, 5.41) is 9.02. The SMILES string of the molecule is CC(=O)c1cccc(S(=O)(=O)NCC(C)O)c1. The minimum absolute atomic E-state index is 0.0193. The average molecular weight is 257 g/mol. The molecule has 0 saturated carbocycles. The van der Waals surface area contributed by atoms with E-state index in [9.17, 15) is 13.2 Å². The van der Waals surface area contributed by atoms with E-state index >= 15 is 0 Å². The first kappa shape index (κ1) is 13.8. The van der Waals surface area contributed by atoms with Crippen molar-refractivity contribution in [3.05, 3.63) is 29.8 Å². The number of rotatable bonds is 5. The van der Waals surface area contributed by atoms with Gasteiger partial charge in [-0.2, -0.15) is 0 Å². The smallest absolute Gasteiger partial charge is 0.240 e. The number of carbonyl (C=O) groups excluding carboxylic acids is 1. The minimum atomic E-state index is -3.67. The Balaban J connectivity index is 2.99. The fraction of sp³-hybridized carbons (Fsp3) is 0.364. The molecule has 2 N–H and O–H groups in total. The van der Waals surface area contributed by atoms with Crippen molar-refractivity contribution in [2.45, 2.75) is 24.8 Å². The highest BCUT2D eigenvalue weighted by molar-refractivity contribution is 7.89. The van der Waals surface area contributed by atoms with Gasteiger partial charge in [0.15, 0.2) is 5.78 Å². The molecule has 1 unspecified atom stereocenters. The molecule has 1 aromatic rings. The molecule has 0 fully saturated rings. The molecule has 0 saturated heterocycles. The lowest BCUT2D eigenvalue weighted by Crippen LogP contribution is -2.30. The maximum absolute atomic E-state index is 11.8. The van der Waals surface area contributed by atoms with E-state index < -0.39 is 16.1 Å². The lowest BCUT2D eigenvalue weighted by molar-refractivity contribution is 0.101. The van der Waals surface area contributed by atoms with Crippen LogP contribution in [0.25, 0.3) is 0 Å². The summed E-state index contributed by atoms with van der Waals surface area (Å²) in [6.07, 6.45) is -0.763. The predicted octanol–water partition coefficient (Wildman–Crippen LogP) is 0.548. The Morgan fingerprint density at radius 2 is 2.12 bits per heavy atom.